The third-order valence-electron chi connectivity index (χ3n) is 3.39. The van der Waals surface area contributed by atoms with E-state index in [1.165, 1.54) is 0 Å². The van der Waals surface area contributed by atoms with Gasteiger partial charge in [-0.1, -0.05) is 0 Å². The number of H-pyrrole nitrogens is 1. The zero-order valence-corrected chi connectivity index (χ0v) is 10.9. The molecule has 0 aliphatic carbocycles. The summed E-state index contributed by atoms with van der Waals surface area (Å²) in [5, 5.41) is 7.68. The van der Waals surface area contributed by atoms with Crippen LogP contribution in [0.25, 0.3) is 11.0 Å². The molecule has 2 aromatic rings. The molecule has 1 aliphatic heterocycles. The van der Waals surface area contributed by atoms with E-state index in [1.54, 1.807) is 6.20 Å². The summed E-state index contributed by atoms with van der Waals surface area (Å²) in [6, 6.07) is 0. The fourth-order valence-electron chi connectivity index (χ4n) is 2.44. The number of halogens is 1. The van der Waals surface area contributed by atoms with Crippen molar-refractivity contribution in [1.82, 2.24) is 20.2 Å². The molecule has 1 saturated heterocycles. The van der Waals surface area contributed by atoms with Crippen LogP contribution in [0.3, 0.4) is 0 Å². The molecule has 3 N–H and O–H groups in total. The first-order chi connectivity index (χ1) is 9.15. The highest BCUT2D eigenvalue weighted by atomic mass is 35.5. The van der Waals surface area contributed by atoms with Gasteiger partial charge in [0.1, 0.15) is 5.82 Å². The summed E-state index contributed by atoms with van der Waals surface area (Å²) < 4.78 is 0. The van der Waals surface area contributed by atoms with Gasteiger partial charge in [0.25, 0.3) is 0 Å². The van der Waals surface area contributed by atoms with Gasteiger partial charge in [-0.2, -0.15) is 15.1 Å². The van der Waals surface area contributed by atoms with E-state index in [4.69, 9.17) is 17.3 Å². The van der Waals surface area contributed by atoms with Crippen LogP contribution in [0.4, 0.5) is 5.82 Å². The molecule has 100 valence electrons. The summed E-state index contributed by atoms with van der Waals surface area (Å²) in [5.74, 6) is 0.285. The minimum Gasteiger partial charge on any atom is -0.369 e. The Morgan fingerprint density at radius 1 is 1.53 bits per heavy atom. The summed E-state index contributed by atoms with van der Waals surface area (Å²) in [7, 11) is 0. The second-order valence-electron chi connectivity index (χ2n) is 4.64. The van der Waals surface area contributed by atoms with Crippen LogP contribution in [0.1, 0.15) is 12.8 Å². The number of anilines is 1. The third kappa shape index (κ3) is 2.21. The number of rotatable bonds is 2. The Hall–Kier alpha value is -1.89. The van der Waals surface area contributed by atoms with Crippen molar-refractivity contribution < 1.29 is 4.79 Å². The average Bonchev–Trinajstić information content (AvgIpc) is 2.85. The Kier molecular flexibility index (Phi) is 2.98. The maximum Gasteiger partial charge on any atom is 0.226 e. The Bertz CT molecular complexity index is 627. The molecule has 1 aliphatic rings. The van der Waals surface area contributed by atoms with Crippen molar-refractivity contribution >= 4 is 34.4 Å². The Balaban J connectivity index is 1.99. The van der Waals surface area contributed by atoms with E-state index in [0.717, 1.165) is 24.8 Å². The summed E-state index contributed by atoms with van der Waals surface area (Å²) >= 11 is 5.91. The number of aromatic nitrogens is 4. The molecule has 1 fully saturated rings. The molecule has 0 radical (unpaired) electrons. The maximum atomic E-state index is 11.3. The molecular weight excluding hydrogens is 268 g/mol. The van der Waals surface area contributed by atoms with Crippen LogP contribution < -0.4 is 10.6 Å². The quantitative estimate of drug-likeness (QED) is 0.789. The van der Waals surface area contributed by atoms with E-state index in [2.05, 4.69) is 20.2 Å². The average molecular weight is 281 g/mol. The number of hydrogen-bond donors (Lipinski definition) is 2. The molecule has 0 saturated carbocycles. The fourth-order valence-corrected chi connectivity index (χ4v) is 2.60. The predicted octanol–water partition coefficient (Wildman–Crippen LogP) is 0.708. The largest absolute Gasteiger partial charge is 0.369 e. The summed E-state index contributed by atoms with van der Waals surface area (Å²) in [6.07, 6.45) is 3.38. The summed E-state index contributed by atoms with van der Waals surface area (Å²) in [4.78, 5) is 21.7. The number of amides is 1. The van der Waals surface area contributed by atoms with Crippen LogP contribution in [0.15, 0.2) is 6.20 Å². The number of nitrogens with two attached hydrogens (primary N) is 1. The molecule has 0 spiro atoms. The number of fused-ring (bicyclic) bond motifs is 1. The van der Waals surface area contributed by atoms with E-state index in [9.17, 15) is 4.79 Å². The normalized spacial score (nSPS) is 19.8. The molecule has 3 rings (SSSR count). The molecule has 8 heteroatoms. The van der Waals surface area contributed by atoms with Crippen LogP contribution in [0.2, 0.25) is 5.28 Å². The molecule has 0 aromatic carbocycles. The number of carbonyl (C=O) groups is 1. The molecule has 1 atom stereocenters. The zero-order chi connectivity index (χ0) is 13.4. The van der Waals surface area contributed by atoms with Gasteiger partial charge in [0, 0.05) is 13.1 Å². The third-order valence-corrected chi connectivity index (χ3v) is 3.55. The van der Waals surface area contributed by atoms with Gasteiger partial charge in [-0.15, -0.1) is 0 Å². The van der Waals surface area contributed by atoms with Gasteiger partial charge in [-0.25, -0.2) is 0 Å². The first-order valence-electron chi connectivity index (χ1n) is 6.06. The Labute approximate surface area is 114 Å². The van der Waals surface area contributed by atoms with Gasteiger partial charge in [0.15, 0.2) is 5.65 Å². The van der Waals surface area contributed by atoms with Gasteiger partial charge in [-0.05, 0) is 24.4 Å². The second-order valence-corrected chi connectivity index (χ2v) is 4.97. The molecule has 19 heavy (non-hydrogen) atoms. The van der Waals surface area contributed by atoms with Crippen molar-refractivity contribution in [3.05, 3.63) is 11.5 Å². The highest BCUT2D eigenvalue weighted by Crippen LogP contribution is 2.28. The van der Waals surface area contributed by atoms with Gasteiger partial charge in [-0.3, -0.25) is 9.89 Å². The predicted molar refractivity (Wildman–Crippen MR) is 70.8 cm³/mol. The number of aromatic amines is 1. The highest BCUT2D eigenvalue weighted by molar-refractivity contribution is 6.28. The lowest BCUT2D eigenvalue weighted by molar-refractivity contribution is -0.122. The lowest BCUT2D eigenvalue weighted by atomic mass is 9.97. The fraction of sp³-hybridized carbons (Fsp3) is 0.455. The van der Waals surface area contributed by atoms with Crippen molar-refractivity contribution in [2.45, 2.75) is 12.8 Å². The first kappa shape index (κ1) is 12.2. The second kappa shape index (κ2) is 4.65. The molecule has 2 aromatic heterocycles. The van der Waals surface area contributed by atoms with Crippen LogP contribution in [0, 0.1) is 5.92 Å². The molecule has 7 nitrogen and oxygen atoms in total. The summed E-state index contributed by atoms with van der Waals surface area (Å²) in [6.45, 7) is 1.38. The van der Waals surface area contributed by atoms with Crippen LogP contribution >= 0.6 is 11.6 Å². The van der Waals surface area contributed by atoms with Gasteiger partial charge >= 0.3 is 0 Å². The molecular formula is C11H13ClN6O. The van der Waals surface area contributed by atoms with E-state index in [0.29, 0.717) is 18.0 Å². The number of hydrogen-bond acceptors (Lipinski definition) is 5. The zero-order valence-electron chi connectivity index (χ0n) is 10.1. The molecule has 3 heterocycles. The number of primary amides is 1. The Morgan fingerprint density at radius 2 is 2.37 bits per heavy atom. The number of piperidine rings is 1. The van der Waals surface area contributed by atoms with Crippen molar-refractivity contribution in [3.8, 4) is 0 Å². The SMILES string of the molecule is NC(=O)C1CCCN(c2nc(Cl)nc3[nH]ncc23)C1. The number of carbonyl (C=O) groups excluding carboxylic acids is 1. The van der Waals surface area contributed by atoms with E-state index in [1.807, 2.05) is 4.90 Å². The van der Waals surface area contributed by atoms with Gasteiger partial charge in [0.2, 0.25) is 11.2 Å². The topological polar surface area (TPSA) is 101 Å². The van der Waals surface area contributed by atoms with Crippen LogP contribution in [-0.4, -0.2) is 39.2 Å². The monoisotopic (exact) mass is 280 g/mol. The first-order valence-corrected chi connectivity index (χ1v) is 6.44. The molecule has 1 amide bonds. The van der Waals surface area contributed by atoms with Crippen LogP contribution in [-0.2, 0) is 4.79 Å². The van der Waals surface area contributed by atoms with Gasteiger partial charge < -0.3 is 10.6 Å². The maximum absolute atomic E-state index is 11.3. The molecule has 1 unspecified atom stereocenters. The van der Waals surface area contributed by atoms with E-state index in [-0.39, 0.29) is 17.1 Å². The minimum atomic E-state index is -0.270. The van der Waals surface area contributed by atoms with E-state index < -0.39 is 0 Å². The highest BCUT2D eigenvalue weighted by Gasteiger charge is 2.26. The number of nitrogens with one attached hydrogen (secondary N) is 1. The lowest BCUT2D eigenvalue weighted by Crippen LogP contribution is -2.41. The van der Waals surface area contributed by atoms with Crippen molar-refractivity contribution in [1.29, 1.82) is 0 Å². The number of nitrogens with zero attached hydrogens (tertiary/aromatic N) is 4. The lowest BCUT2D eigenvalue weighted by Gasteiger charge is -2.32. The van der Waals surface area contributed by atoms with Crippen LogP contribution in [0.5, 0.6) is 0 Å². The smallest absolute Gasteiger partial charge is 0.226 e. The van der Waals surface area contributed by atoms with Crippen molar-refractivity contribution in [2.24, 2.45) is 11.7 Å². The standard InChI is InChI=1S/C11H13ClN6O/c12-11-15-9-7(4-14-17-9)10(16-11)18-3-1-2-6(5-18)8(13)19/h4,6H,1-3,5H2,(H2,13,19)(H,14,15,16,17). The minimum absolute atomic E-state index is 0.149. The molecule has 0 bridgehead atoms. The van der Waals surface area contributed by atoms with Gasteiger partial charge in [0.05, 0.1) is 17.5 Å². The van der Waals surface area contributed by atoms with E-state index >= 15 is 0 Å². The van der Waals surface area contributed by atoms with Crippen molar-refractivity contribution in [3.63, 3.8) is 0 Å². The van der Waals surface area contributed by atoms with Crippen molar-refractivity contribution in [2.75, 3.05) is 18.0 Å². The summed E-state index contributed by atoms with van der Waals surface area (Å²) in [5.41, 5.74) is 5.98. The Morgan fingerprint density at radius 3 is 3.16 bits per heavy atom.